The summed E-state index contributed by atoms with van der Waals surface area (Å²) >= 11 is 0. The summed E-state index contributed by atoms with van der Waals surface area (Å²) in [5.74, 6) is 0. The molecule has 102 valence electrons. The van der Waals surface area contributed by atoms with Crippen molar-refractivity contribution >= 4 is 0 Å². The summed E-state index contributed by atoms with van der Waals surface area (Å²) in [6, 6.07) is 0. The van der Waals surface area contributed by atoms with Gasteiger partial charge in [0, 0.05) is 0 Å². The molecule has 0 aliphatic heterocycles. The lowest BCUT2D eigenvalue weighted by molar-refractivity contribution is 0.0200. The molecule has 0 aromatic heterocycles. The second-order valence-corrected chi connectivity index (χ2v) is 5.39. The van der Waals surface area contributed by atoms with E-state index in [-0.39, 0.29) is 0 Å². The van der Waals surface area contributed by atoms with Gasteiger partial charge in [0.15, 0.2) is 0 Å². The SMILES string of the molecule is CNC1(C(F)F)CCCCCCCCCCC1. The highest BCUT2D eigenvalue weighted by Crippen LogP contribution is 2.29. The minimum atomic E-state index is -2.24. The first kappa shape index (κ1) is 14.9. The van der Waals surface area contributed by atoms with Crippen LogP contribution < -0.4 is 5.32 Å². The Hall–Kier alpha value is -0.180. The van der Waals surface area contributed by atoms with Crippen LogP contribution in [-0.2, 0) is 0 Å². The minimum Gasteiger partial charge on any atom is -0.309 e. The molecule has 0 atom stereocenters. The third-order valence-electron chi connectivity index (χ3n) is 4.16. The monoisotopic (exact) mass is 247 g/mol. The van der Waals surface area contributed by atoms with E-state index in [4.69, 9.17) is 0 Å². The van der Waals surface area contributed by atoms with E-state index in [1.54, 1.807) is 7.05 Å². The Bertz CT molecular complexity index is 183. The van der Waals surface area contributed by atoms with Crippen LogP contribution in [0.2, 0.25) is 0 Å². The normalized spacial score (nSPS) is 24.0. The topological polar surface area (TPSA) is 12.0 Å². The molecule has 0 aromatic carbocycles. The lowest BCUT2D eigenvalue weighted by Crippen LogP contribution is -2.49. The smallest absolute Gasteiger partial charge is 0.256 e. The maximum absolute atomic E-state index is 13.2. The Kier molecular flexibility index (Phi) is 7.02. The van der Waals surface area contributed by atoms with Gasteiger partial charge in [-0.05, 0) is 19.9 Å². The van der Waals surface area contributed by atoms with Crippen molar-refractivity contribution in [3.8, 4) is 0 Å². The summed E-state index contributed by atoms with van der Waals surface area (Å²) in [7, 11) is 1.69. The quantitative estimate of drug-likeness (QED) is 0.756. The highest BCUT2D eigenvalue weighted by molar-refractivity contribution is 4.89. The average Bonchev–Trinajstić information content (AvgIpc) is 2.30. The number of hydrogen-bond donors (Lipinski definition) is 1. The summed E-state index contributed by atoms with van der Waals surface area (Å²) < 4.78 is 26.5. The molecule has 0 saturated heterocycles. The molecule has 1 rings (SSSR count). The van der Waals surface area contributed by atoms with Crippen LogP contribution >= 0.6 is 0 Å². The van der Waals surface area contributed by atoms with Crippen LogP contribution in [0.3, 0.4) is 0 Å². The zero-order valence-electron chi connectivity index (χ0n) is 11.1. The van der Waals surface area contributed by atoms with Crippen molar-refractivity contribution in [2.75, 3.05) is 7.05 Å². The maximum Gasteiger partial charge on any atom is 0.256 e. The Labute approximate surface area is 104 Å². The van der Waals surface area contributed by atoms with Crippen LogP contribution in [-0.4, -0.2) is 19.0 Å². The van der Waals surface area contributed by atoms with Crippen LogP contribution in [0.25, 0.3) is 0 Å². The Morgan fingerprint density at radius 1 is 0.765 bits per heavy atom. The van der Waals surface area contributed by atoms with Gasteiger partial charge in [0.2, 0.25) is 0 Å². The fraction of sp³-hybridized carbons (Fsp3) is 1.00. The Morgan fingerprint density at radius 3 is 1.41 bits per heavy atom. The second-order valence-electron chi connectivity index (χ2n) is 5.39. The molecule has 1 aliphatic carbocycles. The van der Waals surface area contributed by atoms with Crippen molar-refractivity contribution in [1.29, 1.82) is 0 Å². The second kappa shape index (κ2) is 8.02. The summed E-state index contributed by atoms with van der Waals surface area (Å²) in [4.78, 5) is 0. The predicted molar refractivity (Wildman–Crippen MR) is 68.6 cm³/mol. The standard InChI is InChI=1S/C14H27F2N/c1-17-14(13(15)16)11-9-7-5-3-2-4-6-8-10-12-14/h13,17H,2-12H2,1H3. The van der Waals surface area contributed by atoms with Gasteiger partial charge in [-0.25, -0.2) is 8.78 Å². The van der Waals surface area contributed by atoms with E-state index in [1.165, 1.54) is 32.1 Å². The van der Waals surface area contributed by atoms with E-state index in [9.17, 15) is 8.78 Å². The van der Waals surface area contributed by atoms with Crippen LogP contribution in [0.5, 0.6) is 0 Å². The summed E-state index contributed by atoms with van der Waals surface area (Å²) in [5.41, 5.74) is -0.917. The van der Waals surface area contributed by atoms with Gasteiger partial charge in [0.1, 0.15) is 0 Å². The van der Waals surface area contributed by atoms with Crippen molar-refractivity contribution in [1.82, 2.24) is 5.32 Å². The van der Waals surface area contributed by atoms with Crippen molar-refractivity contribution < 1.29 is 8.78 Å². The average molecular weight is 247 g/mol. The van der Waals surface area contributed by atoms with Gasteiger partial charge in [-0.3, -0.25) is 0 Å². The summed E-state index contributed by atoms with van der Waals surface area (Å²) in [6.07, 6.45) is 9.40. The van der Waals surface area contributed by atoms with E-state index < -0.39 is 12.0 Å². The molecule has 3 heteroatoms. The fourth-order valence-electron chi connectivity index (χ4n) is 2.82. The van der Waals surface area contributed by atoms with Crippen LogP contribution in [0.4, 0.5) is 8.78 Å². The number of hydrogen-bond acceptors (Lipinski definition) is 1. The number of alkyl halides is 2. The molecule has 0 radical (unpaired) electrons. The van der Waals surface area contributed by atoms with Crippen molar-refractivity contribution in [2.24, 2.45) is 0 Å². The molecule has 0 spiro atoms. The van der Waals surface area contributed by atoms with Crippen LogP contribution in [0.1, 0.15) is 70.6 Å². The molecular formula is C14H27F2N. The zero-order chi connectivity index (χ0) is 12.6. The molecule has 1 nitrogen and oxygen atoms in total. The lowest BCUT2D eigenvalue weighted by Gasteiger charge is -2.33. The third kappa shape index (κ3) is 4.90. The van der Waals surface area contributed by atoms with Gasteiger partial charge < -0.3 is 5.32 Å². The Balaban J connectivity index is 2.52. The van der Waals surface area contributed by atoms with E-state index in [0.717, 1.165) is 25.7 Å². The zero-order valence-corrected chi connectivity index (χ0v) is 11.1. The lowest BCUT2D eigenvalue weighted by atomic mass is 9.86. The van der Waals surface area contributed by atoms with E-state index in [2.05, 4.69) is 5.32 Å². The van der Waals surface area contributed by atoms with Crippen molar-refractivity contribution in [3.05, 3.63) is 0 Å². The van der Waals surface area contributed by atoms with Gasteiger partial charge in [-0.15, -0.1) is 0 Å². The minimum absolute atomic E-state index is 0.626. The van der Waals surface area contributed by atoms with Gasteiger partial charge in [0.25, 0.3) is 6.43 Å². The molecule has 0 unspecified atom stereocenters. The molecule has 1 N–H and O–H groups in total. The fourth-order valence-corrected chi connectivity index (χ4v) is 2.82. The molecule has 1 aliphatic rings. The van der Waals surface area contributed by atoms with Gasteiger partial charge in [-0.1, -0.05) is 57.8 Å². The van der Waals surface area contributed by atoms with Crippen molar-refractivity contribution in [2.45, 2.75) is 82.6 Å². The number of halogens is 2. The first-order valence-electron chi connectivity index (χ1n) is 7.18. The van der Waals surface area contributed by atoms with E-state index >= 15 is 0 Å². The number of nitrogens with one attached hydrogen (secondary N) is 1. The highest BCUT2D eigenvalue weighted by atomic mass is 19.3. The molecule has 0 heterocycles. The van der Waals surface area contributed by atoms with Gasteiger partial charge in [0.05, 0.1) is 5.54 Å². The Morgan fingerprint density at radius 2 is 1.12 bits per heavy atom. The molecule has 1 saturated carbocycles. The largest absolute Gasteiger partial charge is 0.309 e. The highest BCUT2D eigenvalue weighted by Gasteiger charge is 2.37. The summed E-state index contributed by atoms with van der Waals surface area (Å²) in [5, 5.41) is 2.92. The maximum atomic E-state index is 13.2. The van der Waals surface area contributed by atoms with Gasteiger partial charge >= 0.3 is 0 Å². The first-order valence-corrected chi connectivity index (χ1v) is 7.18. The molecule has 0 aromatic rings. The molecular weight excluding hydrogens is 220 g/mol. The van der Waals surface area contributed by atoms with Crippen molar-refractivity contribution in [3.63, 3.8) is 0 Å². The molecule has 17 heavy (non-hydrogen) atoms. The molecule has 1 fully saturated rings. The number of rotatable bonds is 2. The first-order chi connectivity index (χ1) is 8.21. The van der Waals surface area contributed by atoms with Crippen LogP contribution in [0, 0.1) is 0 Å². The van der Waals surface area contributed by atoms with E-state index in [0.29, 0.717) is 12.8 Å². The third-order valence-corrected chi connectivity index (χ3v) is 4.16. The van der Waals surface area contributed by atoms with E-state index in [1.807, 2.05) is 0 Å². The molecule has 0 bridgehead atoms. The predicted octanol–water partition coefficient (Wildman–Crippen LogP) is 4.51. The van der Waals surface area contributed by atoms with Gasteiger partial charge in [-0.2, -0.15) is 0 Å². The summed E-state index contributed by atoms with van der Waals surface area (Å²) in [6.45, 7) is 0. The molecule has 0 amide bonds. The van der Waals surface area contributed by atoms with Crippen LogP contribution in [0.15, 0.2) is 0 Å².